The monoisotopic (exact) mass is 398 g/mol. The minimum atomic E-state index is 0.397. The summed E-state index contributed by atoms with van der Waals surface area (Å²) in [6, 6.07) is 15.6. The lowest BCUT2D eigenvalue weighted by molar-refractivity contribution is 0.185. The molecule has 3 nitrogen and oxygen atoms in total. The number of rotatable bonds is 5. The van der Waals surface area contributed by atoms with Crippen LogP contribution in [0.3, 0.4) is 0 Å². The number of hydrogen-bond acceptors (Lipinski definition) is 2. The summed E-state index contributed by atoms with van der Waals surface area (Å²) >= 11 is 3.60. The molecule has 1 aliphatic carbocycles. The first-order valence-electron chi connectivity index (χ1n) is 8.85. The summed E-state index contributed by atoms with van der Waals surface area (Å²) < 4.78 is 6.32. The topological polar surface area (TPSA) is 37.0 Å². The minimum Gasteiger partial charge on any atom is -0.380 e. The van der Waals surface area contributed by atoms with Gasteiger partial charge in [0, 0.05) is 40.8 Å². The number of benzene rings is 2. The van der Waals surface area contributed by atoms with E-state index in [1.54, 1.807) is 7.11 Å². The third-order valence-corrected chi connectivity index (χ3v) is 5.55. The Labute approximate surface area is 156 Å². The lowest BCUT2D eigenvalue weighted by Crippen LogP contribution is -2.24. The Balaban J connectivity index is 1.52. The second kappa shape index (κ2) is 7.32. The molecule has 0 bridgehead atoms. The van der Waals surface area contributed by atoms with Gasteiger partial charge in [-0.2, -0.15) is 0 Å². The maximum Gasteiger partial charge on any atom is 0.0713 e. The number of aryl methyl sites for hydroxylation is 1. The second-order valence-corrected chi connectivity index (χ2v) is 7.70. The molecule has 0 amide bonds. The van der Waals surface area contributed by atoms with Gasteiger partial charge in [0.25, 0.3) is 0 Å². The van der Waals surface area contributed by atoms with Crippen LogP contribution in [0.25, 0.3) is 10.9 Å². The van der Waals surface area contributed by atoms with E-state index >= 15 is 0 Å². The summed E-state index contributed by atoms with van der Waals surface area (Å²) in [4.78, 5) is 3.66. The Kier molecular flexibility index (Phi) is 4.93. The molecule has 3 aromatic rings. The Morgan fingerprint density at radius 2 is 1.96 bits per heavy atom. The van der Waals surface area contributed by atoms with Crippen LogP contribution in [-0.2, 0) is 24.3 Å². The number of aromatic nitrogens is 1. The zero-order valence-electron chi connectivity index (χ0n) is 14.4. The first-order valence-corrected chi connectivity index (χ1v) is 9.64. The molecule has 4 heteroatoms. The smallest absolute Gasteiger partial charge is 0.0713 e. The van der Waals surface area contributed by atoms with Crippen molar-refractivity contribution in [1.29, 1.82) is 0 Å². The third-order valence-electron chi connectivity index (χ3n) is 5.06. The van der Waals surface area contributed by atoms with Gasteiger partial charge in [0.2, 0.25) is 0 Å². The molecule has 0 saturated carbocycles. The predicted molar refractivity (Wildman–Crippen MR) is 106 cm³/mol. The molecule has 1 unspecified atom stereocenters. The van der Waals surface area contributed by atoms with E-state index in [1.807, 2.05) is 0 Å². The SMILES string of the molecule is COCc1ccc(CNC2CCCc3c2[nH]c2ccc(Br)cc32)cc1. The fraction of sp³-hybridized carbons (Fsp3) is 0.333. The van der Waals surface area contributed by atoms with Crippen LogP contribution in [0.1, 0.15) is 41.3 Å². The van der Waals surface area contributed by atoms with E-state index in [1.165, 1.54) is 46.1 Å². The highest BCUT2D eigenvalue weighted by molar-refractivity contribution is 9.10. The summed E-state index contributed by atoms with van der Waals surface area (Å²) in [5, 5.41) is 5.11. The van der Waals surface area contributed by atoms with Crippen LogP contribution in [0.4, 0.5) is 0 Å². The quantitative estimate of drug-likeness (QED) is 0.615. The first kappa shape index (κ1) is 16.8. The molecule has 2 N–H and O–H groups in total. The van der Waals surface area contributed by atoms with Gasteiger partial charge in [0.05, 0.1) is 6.61 Å². The maximum absolute atomic E-state index is 5.18. The van der Waals surface area contributed by atoms with Gasteiger partial charge in [-0.1, -0.05) is 40.2 Å². The lowest BCUT2D eigenvalue weighted by atomic mass is 9.91. The van der Waals surface area contributed by atoms with E-state index in [0.29, 0.717) is 12.6 Å². The van der Waals surface area contributed by atoms with Gasteiger partial charge >= 0.3 is 0 Å². The van der Waals surface area contributed by atoms with Gasteiger partial charge in [-0.05, 0) is 54.2 Å². The van der Waals surface area contributed by atoms with E-state index < -0.39 is 0 Å². The molecule has 1 aromatic heterocycles. The second-order valence-electron chi connectivity index (χ2n) is 6.78. The Bertz CT molecular complexity index is 869. The Morgan fingerprint density at radius 1 is 1.16 bits per heavy atom. The van der Waals surface area contributed by atoms with Crippen LogP contribution in [0.5, 0.6) is 0 Å². The molecule has 1 atom stereocenters. The van der Waals surface area contributed by atoms with Gasteiger partial charge in [-0.25, -0.2) is 0 Å². The van der Waals surface area contributed by atoms with Gasteiger partial charge in [0.15, 0.2) is 0 Å². The van der Waals surface area contributed by atoms with Crippen molar-refractivity contribution in [2.24, 2.45) is 0 Å². The number of H-pyrrole nitrogens is 1. The van der Waals surface area contributed by atoms with E-state index in [2.05, 4.69) is 68.7 Å². The van der Waals surface area contributed by atoms with Gasteiger partial charge < -0.3 is 15.0 Å². The zero-order valence-corrected chi connectivity index (χ0v) is 16.0. The third kappa shape index (κ3) is 3.52. The Hall–Kier alpha value is -1.62. The fourth-order valence-corrected chi connectivity index (χ4v) is 4.16. The van der Waals surface area contributed by atoms with Crippen LogP contribution < -0.4 is 5.32 Å². The average Bonchev–Trinajstić information content (AvgIpc) is 3.00. The lowest BCUT2D eigenvalue weighted by Gasteiger charge is -2.24. The molecule has 0 radical (unpaired) electrons. The number of methoxy groups -OCH3 is 1. The Morgan fingerprint density at radius 3 is 2.76 bits per heavy atom. The molecule has 4 rings (SSSR count). The average molecular weight is 399 g/mol. The normalized spacial score (nSPS) is 17.0. The number of halogens is 1. The van der Waals surface area contributed by atoms with Crippen molar-refractivity contribution in [3.63, 3.8) is 0 Å². The number of nitrogens with one attached hydrogen (secondary N) is 2. The highest BCUT2D eigenvalue weighted by Gasteiger charge is 2.23. The predicted octanol–water partition coefficient (Wildman–Crippen LogP) is 5.24. The highest BCUT2D eigenvalue weighted by atomic mass is 79.9. The number of hydrogen-bond donors (Lipinski definition) is 2. The van der Waals surface area contributed by atoms with E-state index in [4.69, 9.17) is 4.74 Å². The summed E-state index contributed by atoms with van der Waals surface area (Å²) in [6.07, 6.45) is 3.58. The standard InChI is InChI=1S/C21H23BrN2O/c1-25-13-15-7-5-14(6-8-15)12-23-20-4-2-3-17-18-11-16(22)9-10-19(18)24-21(17)20/h5-11,20,23-24H,2-4,12-13H2,1H3. The minimum absolute atomic E-state index is 0.397. The van der Waals surface area contributed by atoms with Crippen molar-refractivity contribution < 1.29 is 4.74 Å². The van der Waals surface area contributed by atoms with Crippen molar-refractivity contribution in [2.45, 2.75) is 38.5 Å². The molecular weight excluding hydrogens is 376 g/mol. The van der Waals surface area contributed by atoms with Gasteiger partial charge in [-0.15, -0.1) is 0 Å². The van der Waals surface area contributed by atoms with Crippen molar-refractivity contribution in [3.05, 3.63) is 69.3 Å². The van der Waals surface area contributed by atoms with Crippen molar-refractivity contribution in [2.75, 3.05) is 7.11 Å². The molecule has 130 valence electrons. The number of ether oxygens (including phenoxy) is 1. The molecular formula is C21H23BrN2O. The van der Waals surface area contributed by atoms with Crippen molar-refractivity contribution >= 4 is 26.8 Å². The molecule has 1 heterocycles. The highest BCUT2D eigenvalue weighted by Crippen LogP contribution is 2.35. The van der Waals surface area contributed by atoms with Crippen LogP contribution in [0.15, 0.2) is 46.9 Å². The van der Waals surface area contributed by atoms with E-state index in [9.17, 15) is 0 Å². The number of fused-ring (bicyclic) bond motifs is 3. The van der Waals surface area contributed by atoms with Gasteiger partial charge in [0.1, 0.15) is 0 Å². The van der Waals surface area contributed by atoms with Gasteiger partial charge in [-0.3, -0.25) is 0 Å². The van der Waals surface area contributed by atoms with Crippen LogP contribution >= 0.6 is 15.9 Å². The first-order chi connectivity index (χ1) is 12.2. The molecule has 0 aliphatic heterocycles. The summed E-state index contributed by atoms with van der Waals surface area (Å²) in [7, 11) is 1.73. The molecule has 0 fully saturated rings. The fourth-order valence-electron chi connectivity index (χ4n) is 3.80. The van der Waals surface area contributed by atoms with Crippen molar-refractivity contribution in [1.82, 2.24) is 10.3 Å². The molecule has 0 saturated heterocycles. The van der Waals surface area contributed by atoms with E-state index in [-0.39, 0.29) is 0 Å². The van der Waals surface area contributed by atoms with Crippen LogP contribution in [0.2, 0.25) is 0 Å². The molecule has 1 aliphatic rings. The zero-order chi connectivity index (χ0) is 17.2. The summed E-state index contributed by atoms with van der Waals surface area (Å²) in [5.41, 5.74) is 6.62. The van der Waals surface area contributed by atoms with Crippen LogP contribution in [0, 0.1) is 0 Å². The summed E-state index contributed by atoms with van der Waals surface area (Å²) in [5.74, 6) is 0. The molecule has 2 aromatic carbocycles. The molecule has 25 heavy (non-hydrogen) atoms. The van der Waals surface area contributed by atoms with Crippen LogP contribution in [-0.4, -0.2) is 12.1 Å². The maximum atomic E-state index is 5.18. The largest absolute Gasteiger partial charge is 0.380 e. The van der Waals surface area contributed by atoms with Crippen molar-refractivity contribution in [3.8, 4) is 0 Å². The summed E-state index contributed by atoms with van der Waals surface area (Å²) in [6.45, 7) is 1.56. The number of aromatic amines is 1. The molecule has 0 spiro atoms. The van der Waals surface area contributed by atoms with E-state index in [0.717, 1.165) is 17.4 Å².